The second kappa shape index (κ2) is 7.93. The summed E-state index contributed by atoms with van der Waals surface area (Å²) in [4.78, 5) is 16.4. The smallest absolute Gasteiger partial charge is 0.278 e. The fraction of sp³-hybridized carbons (Fsp3) is 0.500. The van der Waals surface area contributed by atoms with Gasteiger partial charge in [-0.3, -0.25) is 4.79 Å². The molecule has 2 aromatic rings. The number of fused-ring (bicyclic) bond motifs is 1. The summed E-state index contributed by atoms with van der Waals surface area (Å²) >= 11 is 1.82. The van der Waals surface area contributed by atoms with E-state index in [1.165, 1.54) is 21.6 Å². The number of hydrogen-bond donors (Lipinski definition) is 1. The van der Waals surface area contributed by atoms with Crippen molar-refractivity contribution in [1.82, 2.24) is 4.90 Å². The van der Waals surface area contributed by atoms with E-state index in [4.69, 9.17) is 0 Å². The molecule has 0 saturated carbocycles. The lowest BCUT2D eigenvalue weighted by atomic mass is 9.85. The fourth-order valence-corrected chi connectivity index (χ4v) is 4.56. The number of nitrogens with zero attached hydrogens (tertiary/aromatic N) is 1. The third kappa shape index (κ3) is 4.02. The minimum atomic E-state index is 0.0570. The van der Waals surface area contributed by atoms with Gasteiger partial charge >= 0.3 is 0 Å². The third-order valence-electron chi connectivity index (χ3n) is 5.19. The number of hydrogen-bond acceptors (Lipinski definition) is 2. The summed E-state index contributed by atoms with van der Waals surface area (Å²) in [5.41, 5.74) is 4.01. The molecule has 4 heteroatoms. The van der Waals surface area contributed by atoms with Gasteiger partial charge in [0.05, 0.1) is 12.6 Å². The first-order valence-corrected chi connectivity index (χ1v) is 10.6. The Kier molecular flexibility index (Phi) is 5.83. The van der Waals surface area contributed by atoms with Crippen molar-refractivity contribution in [3.05, 3.63) is 57.3 Å². The SMILES string of the molecule is CCC[NH2+]CC(=O)N1CCc2sccc2[C@@H]1c1ccc(C(C)(C)C)cc1. The van der Waals surface area contributed by atoms with Crippen molar-refractivity contribution in [1.29, 1.82) is 0 Å². The van der Waals surface area contributed by atoms with E-state index in [9.17, 15) is 4.79 Å². The quantitative estimate of drug-likeness (QED) is 0.803. The van der Waals surface area contributed by atoms with Crippen LogP contribution in [0.25, 0.3) is 0 Å². The van der Waals surface area contributed by atoms with Crippen LogP contribution in [0.3, 0.4) is 0 Å². The average Bonchev–Trinajstić information content (AvgIpc) is 3.09. The third-order valence-corrected chi connectivity index (χ3v) is 6.19. The number of rotatable bonds is 5. The zero-order chi connectivity index (χ0) is 18.7. The average molecular weight is 372 g/mol. The summed E-state index contributed by atoms with van der Waals surface area (Å²) in [6, 6.07) is 11.1. The minimum Gasteiger partial charge on any atom is -0.338 e. The summed E-state index contributed by atoms with van der Waals surface area (Å²) in [6.07, 6.45) is 2.07. The van der Waals surface area contributed by atoms with Crippen LogP contribution >= 0.6 is 11.3 Å². The van der Waals surface area contributed by atoms with Crippen LogP contribution in [0.5, 0.6) is 0 Å². The van der Waals surface area contributed by atoms with Gasteiger partial charge in [-0.05, 0) is 46.4 Å². The molecule has 1 aromatic carbocycles. The van der Waals surface area contributed by atoms with E-state index in [0.29, 0.717) is 6.54 Å². The van der Waals surface area contributed by atoms with Gasteiger partial charge in [-0.1, -0.05) is 52.0 Å². The van der Waals surface area contributed by atoms with Gasteiger partial charge in [0.2, 0.25) is 0 Å². The van der Waals surface area contributed by atoms with Gasteiger partial charge in [0.25, 0.3) is 5.91 Å². The van der Waals surface area contributed by atoms with Crippen molar-refractivity contribution in [3.8, 4) is 0 Å². The van der Waals surface area contributed by atoms with Crippen molar-refractivity contribution in [2.24, 2.45) is 0 Å². The zero-order valence-electron chi connectivity index (χ0n) is 16.4. The first-order chi connectivity index (χ1) is 12.4. The molecule has 2 N–H and O–H groups in total. The molecule has 1 aliphatic rings. The van der Waals surface area contributed by atoms with Crippen molar-refractivity contribution < 1.29 is 10.1 Å². The molecule has 0 radical (unpaired) electrons. The van der Waals surface area contributed by atoms with Crippen LogP contribution in [-0.2, 0) is 16.6 Å². The van der Waals surface area contributed by atoms with Gasteiger partial charge in [0, 0.05) is 11.4 Å². The highest BCUT2D eigenvalue weighted by molar-refractivity contribution is 7.10. The van der Waals surface area contributed by atoms with E-state index in [1.807, 2.05) is 11.3 Å². The first-order valence-electron chi connectivity index (χ1n) is 9.69. The molecule has 1 amide bonds. The minimum absolute atomic E-state index is 0.0570. The molecule has 3 rings (SSSR count). The Bertz CT molecular complexity index is 742. The van der Waals surface area contributed by atoms with E-state index in [1.54, 1.807) is 0 Å². The lowest BCUT2D eigenvalue weighted by Crippen LogP contribution is -2.86. The van der Waals surface area contributed by atoms with Crippen molar-refractivity contribution in [2.45, 2.75) is 52.0 Å². The topological polar surface area (TPSA) is 36.9 Å². The number of carbonyl (C=O) groups excluding carboxylic acids is 1. The first kappa shape index (κ1) is 19.1. The maximum atomic E-state index is 12.9. The van der Waals surface area contributed by atoms with Crippen LogP contribution in [-0.4, -0.2) is 30.4 Å². The van der Waals surface area contributed by atoms with Crippen LogP contribution in [0.1, 0.15) is 61.7 Å². The van der Waals surface area contributed by atoms with Crippen molar-refractivity contribution in [2.75, 3.05) is 19.6 Å². The van der Waals surface area contributed by atoms with E-state index in [-0.39, 0.29) is 17.4 Å². The Labute approximate surface area is 161 Å². The predicted molar refractivity (Wildman–Crippen MR) is 109 cm³/mol. The molecule has 0 unspecified atom stereocenters. The summed E-state index contributed by atoms with van der Waals surface area (Å²) in [5.74, 6) is 0.250. The van der Waals surface area contributed by atoms with E-state index < -0.39 is 0 Å². The second-order valence-electron chi connectivity index (χ2n) is 8.19. The maximum Gasteiger partial charge on any atom is 0.278 e. The molecule has 0 saturated heterocycles. The standard InChI is InChI=1S/C22H30N2OS/c1-5-12-23-15-20(25)24-13-10-19-18(11-14-26-19)21(24)16-6-8-17(9-7-16)22(2,3)4/h6-9,11,14,21,23H,5,10,12-13,15H2,1-4H3/p+1/t21-/m0/s1. The highest BCUT2D eigenvalue weighted by atomic mass is 32.1. The van der Waals surface area contributed by atoms with Crippen LogP contribution < -0.4 is 5.32 Å². The van der Waals surface area contributed by atoms with Crippen LogP contribution in [0.4, 0.5) is 0 Å². The zero-order valence-corrected chi connectivity index (χ0v) is 17.2. The summed E-state index contributed by atoms with van der Waals surface area (Å²) in [6.45, 7) is 11.2. The van der Waals surface area contributed by atoms with Crippen LogP contribution in [0, 0.1) is 0 Å². The molecule has 1 aromatic heterocycles. The van der Waals surface area contributed by atoms with E-state index >= 15 is 0 Å². The number of thiophene rings is 1. The van der Waals surface area contributed by atoms with Gasteiger partial charge in [-0.2, -0.15) is 0 Å². The number of benzene rings is 1. The van der Waals surface area contributed by atoms with Gasteiger partial charge in [-0.15, -0.1) is 11.3 Å². The summed E-state index contributed by atoms with van der Waals surface area (Å²) < 4.78 is 0. The molecule has 2 heterocycles. The van der Waals surface area contributed by atoms with Crippen molar-refractivity contribution in [3.63, 3.8) is 0 Å². The number of carbonyl (C=O) groups is 1. The van der Waals surface area contributed by atoms with E-state index in [2.05, 4.69) is 73.6 Å². The number of nitrogens with two attached hydrogens (primary N) is 1. The monoisotopic (exact) mass is 371 g/mol. The second-order valence-corrected chi connectivity index (χ2v) is 9.19. The van der Waals surface area contributed by atoms with Crippen molar-refractivity contribution >= 4 is 17.2 Å². The Morgan fingerprint density at radius 2 is 1.96 bits per heavy atom. The fourth-order valence-electron chi connectivity index (χ4n) is 3.66. The Morgan fingerprint density at radius 3 is 2.62 bits per heavy atom. The lowest BCUT2D eigenvalue weighted by molar-refractivity contribution is -0.644. The molecule has 0 aliphatic carbocycles. The molecule has 26 heavy (non-hydrogen) atoms. The molecule has 0 spiro atoms. The Hall–Kier alpha value is -1.65. The lowest BCUT2D eigenvalue weighted by Gasteiger charge is -2.36. The highest BCUT2D eigenvalue weighted by Gasteiger charge is 2.33. The maximum absolute atomic E-state index is 12.9. The summed E-state index contributed by atoms with van der Waals surface area (Å²) in [5, 5.41) is 4.30. The summed E-state index contributed by atoms with van der Waals surface area (Å²) in [7, 11) is 0. The molecule has 0 fully saturated rings. The predicted octanol–water partition coefficient (Wildman–Crippen LogP) is 3.49. The Balaban J connectivity index is 1.90. The normalized spacial score (nSPS) is 17.2. The molecule has 1 aliphatic heterocycles. The van der Waals surface area contributed by atoms with E-state index in [0.717, 1.165) is 25.9 Å². The van der Waals surface area contributed by atoms with Gasteiger partial charge < -0.3 is 10.2 Å². The molecule has 1 atom stereocenters. The molecular formula is C22H31N2OS+. The molecule has 3 nitrogen and oxygen atoms in total. The Morgan fingerprint density at radius 1 is 1.23 bits per heavy atom. The largest absolute Gasteiger partial charge is 0.338 e. The molecule has 0 bridgehead atoms. The van der Waals surface area contributed by atoms with Gasteiger partial charge in [0.15, 0.2) is 6.54 Å². The molecular weight excluding hydrogens is 340 g/mol. The van der Waals surface area contributed by atoms with Crippen LogP contribution in [0.2, 0.25) is 0 Å². The highest BCUT2D eigenvalue weighted by Crippen LogP contribution is 2.38. The number of quaternary nitrogens is 1. The van der Waals surface area contributed by atoms with Gasteiger partial charge in [-0.25, -0.2) is 0 Å². The number of amides is 1. The molecule has 140 valence electrons. The van der Waals surface area contributed by atoms with Gasteiger partial charge in [0.1, 0.15) is 0 Å². The van der Waals surface area contributed by atoms with Crippen LogP contribution in [0.15, 0.2) is 35.7 Å².